The van der Waals surface area contributed by atoms with Crippen LogP contribution in [0.5, 0.6) is 0 Å². The van der Waals surface area contributed by atoms with E-state index in [0.29, 0.717) is 0 Å². The summed E-state index contributed by atoms with van der Waals surface area (Å²) in [5.41, 5.74) is 3.98. The number of hydrogen-bond donors (Lipinski definition) is 2. The van der Waals surface area contributed by atoms with Crippen molar-refractivity contribution in [2.75, 3.05) is 5.32 Å². The molecular weight excluding hydrogens is 328 g/mol. The quantitative estimate of drug-likeness (QED) is 0.886. The molecule has 136 valence electrons. The molecule has 2 atom stereocenters. The number of aryl methyl sites for hydroxylation is 3. The average Bonchev–Trinajstić information content (AvgIpc) is 3.07. The Bertz CT molecular complexity index is 817. The van der Waals surface area contributed by atoms with Crippen LogP contribution in [-0.4, -0.2) is 27.8 Å². The molecule has 26 heavy (non-hydrogen) atoms. The summed E-state index contributed by atoms with van der Waals surface area (Å²) in [6.45, 7) is 5.79. The van der Waals surface area contributed by atoms with Crippen molar-refractivity contribution in [1.82, 2.24) is 15.3 Å². The monoisotopic (exact) mass is 352 g/mol. The molecule has 1 aromatic heterocycles. The first-order valence-electron chi connectivity index (χ1n) is 8.91. The second-order valence-corrected chi connectivity index (χ2v) is 6.97. The zero-order chi connectivity index (χ0) is 18.7. The molecule has 0 spiro atoms. The fourth-order valence-electron chi connectivity index (χ4n) is 3.29. The molecule has 2 amide bonds. The minimum Gasteiger partial charge on any atom is -0.347 e. The van der Waals surface area contributed by atoms with Crippen LogP contribution in [0.15, 0.2) is 30.6 Å². The maximum atomic E-state index is 12.8. The number of hydrogen-bond acceptors (Lipinski definition) is 4. The van der Waals surface area contributed by atoms with Crippen molar-refractivity contribution in [1.29, 1.82) is 0 Å². The lowest BCUT2D eigenvalue weighted by molar-refractivity contribution is -0.120. The van der Waals surface area contributed by atoms with E-state index < -0.39 is 0 Å². The Labute approximate surface area is 153 Å². The maximum Gasteiger partial charge on any atom is 0.271 e. The molecular formula is C20H24N4O2. The van der Waals surface area contributed by atoms with Gasteiger partial charge in [-0.25, -0.2) is 4.98 Å². The van der Waals surface area contributed by atoms with E-state index in [4.69, 9.17) is 0 Å². The summed E-state index contributed by atoms with van der Waals surface area (Å²) in [5.74, 6) is -0.567. The van der Waals surface area contributed by atoms with Gasteiger partial charge in [0, 0.05) is 17.9 Å². The smallest absolute Gasteiger partial charge is 0.271 e. The topological polar surface area (TPSA) is 84.0 Å². The second kappa shape index (κ2) is 7.64. The third-order valence-electron chi connectivity index (χ3n) is 4.83. The van der Waals surface area contributed by atoms with Crippen LogP contribution >= 0.6 is 0 Å². The van der Waals surface area contributed by atoms with Gasteiger partial charge in [0.15, 0.2) is 0 Å². The van der Waals surface area contributed by atoms with Crippen molar-refractivity contribution in [3.8, 4) is 0 Å². The van der Waals surface area contributed by atoms with Crippen LogP contribution in [0.1, 0.15) is 46.6 Å². The molecule has 0 radical (unpaired) electrons. The van der Waals surface area contributed by atoms with E-state index >= 15 is 0 Å². The number of carbonyl (C=O) groups is 2. The normalized spacial score (nSPS) is 19.2. The highest BCUT2D eigenvalue weighted by atomic mass is 16.2. The Morgan fingerprint density at radius 3 is 2.62 bits per heavy atom. The number of carbonyl (C=O) groups excluding carboxylic acids is 2. The summed E-state index contributed by atoms with van der Waals surface area (Å²) in [6, 6.07) is 5.80. The lowest BCUT2D eigenvalue weighted by Gasteiger charge is -2.21. The van der Waals surface area contributed by atoms with Gasteiger partial charge in [-0.15, -0.1) is 0 Å². The highest BCUT2D eigenvalue weighted by Crippen LogP contribution is 2.28. The molecule has 6 heteroatoms. The number of nitrogens with zero attached hydrogens (tertiary/aromatic N) is 2. The summed E-state index contributed by atoms with van der Waals surface area (Å²) in [6.07, 6.45) is 5.49. The lowest BCUT2D eigenvalue weighted by atomic mass is 10.0. The van der Waals surface area contributed by atoms with E-state index in [2.05, 4.69) is 20.6 Å². The fraction of sp³-hybridized carbons (Fsp3) is 0.400. The first-order chi connectivity index (χ1) is 12.4. The van der Waals surface area contributed by atoms with Gasteiger partial charge in [0.1, 0.15) is 5.69 Å². The maximum absolute atomic E-state index is 12.8. The van der Waals surface area contributed by atoms with Crippen molar-refractivity contribution in [2.45, 2.75) is 46.1 Å². The third-order valence-corrected chi connectivity index (χ3v) is 4.83. The predicted molar refractivity (Wildman–Crippen MR) is 99.9 cm³/mol. The summed E-state index contributed by atoms with van der Waals surface area (Å²) >= 11 is 0. The fourth-order valence-corrected chi connectivity index (χ4v) is 3.29. The number of benzene rings is 1. The molecule has 0 bridgehead atoms. The molecule has 1 fully saturated rings. The van der Waals surface area contributed by atoms with Gasteiger partial charge in [-0.2, -0.15) is 0 Å². The molecule has 0 aliphatic heterocycles. The van der Waals surface area contributed by atoms with Crippen molar-refractivity contribution in [2.24, 2.45) is 5.92 Å². The molecule has 2 N–H and O–H groups in total. The lowest BCUT2D eigenvalue weighted by Crippen LogP contribution is -2.42. The molecule has 1 saturated carbocycles. The van der Waals surface area contributed by atoms with Gasteiger partial charge in [0.2, 0.25) is 5.91 Å². The van der Waals surface area contributed by atoms with Crippen molar-refractivity contribution in [3.05, 3.63) is 53.1 Å². The van der Waals surface area contributed by atoms with E-state index in [0.717, 1.165) is 41.8 Å². The first kappa shape index (κ1) is 18.0. The van der Waals surface area contributed by atoms with Gasteiger partial charge in [-0.05, 0) is 50.8 Å². The average molecular weight is 352 g/mol. The molecule has 3 rings (SSSR count). The Hall–Kier alpha value is -2.76. The zero-order valence-corrected chi connectivity index (χ0v) is 15.4. The number of anilines is 1. The molecule has 6 nitrogen and oxygen atoms in total. The molecule has 0 saturated heterocycles. The van der Waals surface area contributed by atoms with Gasteiger partial charge < -0.3 is 10.6 Å². The highest BCUT2D eigenvalue weighted by Gasteiger charge is 2.34. The minimum absolute atomic E-state index is 0.0449. The van der Waals surface area contributed by atoms with Crippen LogP contribution in [0.4, 0.5) is 5.69 Å². The molecule has 1 aromatic carbocycles. The number of nitrogens with one attached hydrogen (secondary N) is 2. The Morgan fingerprint density at radius 1 is 1.08 bits per heavy atom. The van der Waals surface area contributed by atoms with Crippen LogP contribution in [0.2, 0.25) is 0 Å². The number of amides is 2. The van der Waals surface area contributed by atoms with Crippen LogP contribution in [-0.2, 0) is 4.79 Å². The van der Waals surface area contributed by atoms with Crippen LogP contribution in [0.25, 0.3) is 0 Å². The van der Waals surface area contributed by atoms with Crippen LogP contribution in [0.3, 0.4) is 0 Å². The van der Waals surface area contributed by atoms with Gasteiger partial charge in [-0.3, -0.25) is 14.6 Å². The van der Waals surface area contributed by atoms with E-state index in [-0.39, 0.29) is 29.5 Å². The third kappa shape index (κ3) is 4.07. The number of aromatic nitrogens is 2. The van der Waals surface area contributed by atoms with E-state index in [1.54, 1.807) is 6.20 Å². The molecule has 2 aromatic rings. The molecule has 1 aliphatic rings. The standard InChI is InChI=1S/C20H24N4O2/c1-12-7-8-13(2)17(9-12)24-19(25)15-5-4-6-16(15)23-20(26)18-11-21-14(3)10-22-18/h7-11,15-16H,4-6H2,1-3H3,(H,23,26)(H,24,25)/t15-,16+/m0/s1. The van der Waals surface area contributed by atoms with Gasteiger partial charge in [0.25, 0.3) is 5.91 Å². The van der Waals surface area contributed by atoms with Crippen molar-refractivity contribution < 1.29 is 9.59 Å². The Kier molecular flexibility index (Phi) is 5.30. The first-order valence-corrected chi connectivity index (χ1v) is 8.91. The summed E-state index contributed by atoms with van der Waals surface area (Å²) in [4.78, 5) is 33.4. The molecule has 1 heterocycles. The Balaban J connectivity index is 1.67. The van der Waals surface area contributed by atoms with Gasteiger partial charge in [-0.1, -0.05) is 18.6 Å². The molecule has 0 unspecified atom stereocenters. The summed E-state index contributed by atoms with van der Waals surface area (Å²) < 4.78 is 0. The van der Waals surface area contributed by atoms with Crippen LogP contribution in [0, 0.1) is 26.7 Å². The van der Waals surface area contributed by atoms with E-state index in [9.17, 15) is 9.59 Å². The second-order valence-electron chi connectivity index (χ2n) is 6.97. The van der Waals surface area contributed by atoms with Gasteiger partial charge in [0.05, 0.1) is 17.8 Å². The highest BCUT2D eigenvalue weighted by molar-refractivity contribution is 5.96. The van der Waals surface area contributed by atoms with E-state index in [1.807, 2.05) is 39.0 Å². The summed E-state index contributed by atoms with van der Waals surface area (Å²) in [7, 11) is 0. The Morgan fingerprint density at radius 2 is 1.88 bits per heavy atom. The predicted octanol–water partition coefficient (Wildman–Crippen LogP) is 2.94. The number of rotatable bonds is 4. The molecule has 1 aliphatic carbocycles. The summed E-state index contributed by atoms with van der Waals surface area (Å²) in [5, 5.41) is 5.98. The van der Waals surface area contributed by atoms with Crippen molar-refractivity contribution >= 4 is 17.5 Å². The minimum atomic E-state index is -0.283. The largest absolute Gasteiger partial charge is 0.347 e. The van der Waals surface area contributed by atoms with E-state index in [1.165, 1.54) is 6.20 Å². The SMILES string of the molecule is Cc1ccc(C)c(NC(=O)[C@H]2CCC[C@H]2NC(=O)c2cnc(C)cn2)c1. The van der Waals surface area contributed by atoms with Crippen molar-refractivity contribution in [3.63, 3.8) is 0 Å². The van der Waals surface area contributed by atoms with Crippen LogP contribution < -0.4 is 10.6 Å². The van der Waals surface area contributed by atoms with Gasteiger partial charge >= 0.3 is 0 Å². The zero-order valence-electron chi connectivity index (χ0n) is 15.4.